The fraction of sp³-hybridized carbons (Fsp3) is 0.267. The summed E-state index contributed by atoms with van der Waals surface area (Å²) >= 11 is 5.82. The van der Waals surface area contributed by atoms with Gasteiger partial charge in [0.05, 0.1) is 11.8 Å². The molecule has 7 heteroatoms. The molecule has 1 aliphatic rings. The van der Waals surface area contributed by atoms with E-state index in [1.807, 2.05) is 0 Å². The number of aromatic nitrogens is 2. The summed E-state index contributed by atoms with van der Waals surface area (Å²) in [7, 11) is 0. The second kappa shape index (κ2) is 5.96. The second-order valence-corrected chi connectivity index (χ2v) is 5.52. The molecule has 1 heterocycles. The molecule has 2 atom stereocenters. The Bertz CT molecular complexity index is 726. The quantitative estimate of drug-likeness (QED) is 0.944. The fourth-order valence-corrected chi connectivity index (χ4v) is 2.77. The van der Waals surface area contributed by atoms with Crippen LogP contribution in [0.2, 0.25) is 5.15 Å². The summed E-state index contributed by atoms with van der Waals surface area (Å²) in [5, 5.41) is 10.0. The average molecular weight is 324 g/mol. The third-order valence-corrected chi connectivity index (χ3v) is 4.15. The Morgan fingerprint density at radius 3 is 2.73 bits per heavy atom. The maximum absolute atomic E-state index is 13.8. The van der Waals surface area contributed by atoms with Crippen LogP contribution in [0.15, 0.2) is 30.5 Å². The normalized spacial score (nSPS) is 20.3. The highest BCUT2D eigenvalue weighted by Crippen LogP contribution is 2.38. The zero-order chi connectivity index (χ0) is 15.7. The molecule has 1 N–H and O–H groups in total. The molecular formula is C15H12ClF2N3O. The third kappa shape index (κ3) is 2.78. The molecule has 2 aromatic rings. The van der Waals surface area contributed by atoms with Gasteiger partial charge in [-0.2, -0.15) is 5.10 Å². The van der Waals surface area contributed by atoms with Crippen molar-refractivity contribution in [2.75, 3.05) is 0 Å². The van der Waals surface area contributed by atoms with E-state index >= 15 is 0 Å². The Morgan fingerprint density at radius 2 is 2.09 bits per heavy atom. The molecule has 0 unspecified atom stereocenters. The van der Waals surface area contributed by atoms with Crippen LogP contribution in [-0.2, 0) is 0 Å². The lowest BCUT2D eigenvalue weighted by Gasteiger charge is -2.37. The molecule has 1 amide bonds. The van der Waals surface area contributed by atoms with Gasteiger partial charge in [-0.05, 0) is 30.5 Å². The number of rotatable bonds is 3. The van der Waals surface area contributed by atoms with E-state index in [0.29, 0.717) is 5.56 Å². The van der Waals surface area contributed by atoms with Gasteiger partial charge in [0.15, 0.2) is 5.15 Å². The van der Waals surface area contributed by atoms with Gasteiger partial charge in [-0.25, -0.2) is 8.78 Å². The van der Waals surface area contributed by atoms with Crippen LogP contribution < -0.4 is 5.32 Å². The predicted octanol–water partition coefficient (Wildman–Crippen LogP) is 3.08. The number of halogens is 3. The summed E-state index contributed by atoms with van der Waals surface area (Å²) in [6.45, 7) is 0. The highest BCUT2D eigenvalue weighted by atomic mass is 35.5. The van der Waals surface area contributed by atoms with Gasteiger partial charge in [0.1, 0.15) is 11.6 Å². The highest BCUT2D eigenvalue weighted by Gasteiger charge is 2.35. The summed E-state index contributed by atoms with van der Waals surface area (Å²) in [6.07, 6.45) is 2.83. The molecule has 4 nitrogen and oxygen atoms in total. The summed E-state index contributed by atoms with van der Waals surface area (Å²) in [6, 6.07) is 4.76. The van der Waals surface area contributed by atoms with Crippen molar-refractivity contribution in [3.63, 3.8) is 0 Å². The number of hydrogen-bond donors (Lipinski definition) is 1. The SMILES string of the molecule is O=C(N[C@@H]1CC[C@@H]1c1ccc(F)cc1F)c1ccnnc1Cl. The zero-order valence-corrected chi connectivity index (χ0v) is 12.1. The molecule has 3 rings (SSSR count). The molecule has 0 spiro atoms. The molecule has 1 saturated carbocycles. The van der Waals surface area contributed by atoms with E-state index in [0.717, 1.165) is 18.9 Å². The topological polar surface area (TPSA) is 54.9 Å². The molecule has 1 fully saturated rings. The number of benzene rings is 1. The number of hydrogen-bond acceptors (Lipinski definition) is 3. The minimum absolute atomic E-state index is 0.0174. The van der Waals surface area contributed by atoms with E-state index in [-0.39, 0.29) is 28.6 Å². The smallest absolute Gasteiger partial charge is 0.254 e. The molecule has 22 heavy (non-hydrogen) atoms. The highest BCUT2D eigenvalue weighted by molar-refractivity contribution is 6.32. The van der Waals surface area contributed by atoms with Crippen LogP contribution in [0, 0.1) is 11.6 Å². The summed E-state index contributed by atoms with van der Waals surface area (Å²) in [4.78, 5) is 12.2. The Hall–Kier alpha value is -2.08. The van der Waals surface area contributed by atoms with Gasteiger partial charge in [-0.15, -0.1) is 5.10 Å². The van der Waals surface area contributed by atoms with Gasteiger partial charge in [-0.1, -0.05) is 17.7 Å². The fourth-order valence-electron chi connectivity index (χ4n) is 2.58. The van der Waals surface area contributed by atoms with Crippen LogP contribution in [0.1, 0.15) is 34.7 Å². The molecule has 1 aliphatic carbocycles. The monoisotopic (exact) mass is 323 g/mol. The van der Waals surface area contributed by atoms with Gasteiger partial charge < -0.3 is 5.32 Å². The maximum Gasteiger partial charge on any atom is 0.254 e. The van der Waals surface area contributed by atoms with Crippen molar-refractivity contribution < 1.29 is 13.6 Å². The maximum atomic E-state index is 13.8. The van der Waals surface area contributed by atoms with E-state index in [2.05, 4.69) is 15.5 Å². The largest absolute Gasteiger partial charge is 0.349 e. The van der Waals surface area contributed by atoms with Gasteiger partial charge in [0.25, 0.3) is 5.91 Å². The Balaban J connectivity index is 1.74. The van der Waals surface area contributed by atoms with E-state index < -0.39 is 11.6 Å². The van der Waals surface area contributed by atoms with Crippen LogP contribution in [0.5, 0.6) is 0 Å². The molecule has 0 bridgehead atoms. The molecule has 1 aromatic carbocycles. The standard InChI is InChI=1S/C15H12ClF2N3O/c16-14-11(5-6-19-21-14)15(22)20-13-4-3-10(13)9-2-1-8(17)7-12(9)18/h1-2,5-7,10,13H,3-4H2,(H,20,22)/t10-,13-/m1/s1. The molecule has 0 saturated heterocycles. The minimum Gasteiger partial charge on any atom is -0.349 e. The van der Waals surface area contributed by atoms with E-state index in [4.69, 9.17) is 11.6 Å². The minimum atomic E-state index is -0.615. The average Bonchev–Trinajstić information content (AvgIpc) is 2.46. The van der Waals surface area contributed by atoms with Crippen molar-refractivity contribution in [2.24, 2.45) is 0 Å². The summed E-state index contributed by atoms with van der Waals surface area (Å²) in [5.41, 5.74) is 0.638. The number of nitrogens with one attached hydrogen (secondary N) is 1. The van der Waals surface area contributed by atoms with Gasteiger partial charge in [0, 0.05) is 18.0 Å². The van der Waals surface area contributed by atoms with Crippen LogP contribution in [-0.4, -0.2) is 22.1 Å². The van der Waals surface area contributed by atoms with Gasteiger partial charge >= 0.3 is 0 Å². The van der Waals surface area contributed by atoms with Crippen molar-refractivity contribution in [3.05, 3.63) is 58.4 Å². The van der Waals surface area contributed by atoms with Crippen molar-refractivity contribution >= 4 is 17.5 Å². The first-order chi connectivity index (χ1) is 10.6. The van der Waals surface area contributed by atoms with Gasteiger partial charge in [0.2, 0.25) is 0 Å². The summed E-state index contributed by atoms with van der Waals surface area (Å²) in [5.74, 6) is -1.75. The molecule has 0 radical (unpaired) electrons. The number of carbonyl (C=O) groups excluding carboxylic acids is 1. The van der Waals surface area contributed by atoms with Crippen molar-refractivity contribution in [2.45, 2.75) is 24.8 Å². The molecule has 1 aromatic heterocycles. The number of carbonyl (C=O) groups is 1. The van der Waals surface area contributed by atoms with Crippen LogP contribution >= 0.6 is 11.6 Å². The van der Waals surface area contributed by atoms with Crippen LogP contribution in [0.25, 0.3) is 0 Å². The first kappa shape index (κ1) is 14.8. The molecule has 0 aliphatic heterocycles. The predicted molar refractivity (Wildman–Crippen MR) is 76.6 cm³/mol. The Kier molecular flexibility index (Phi) is 4.02. The second-order valence-electron chi connectivity index (χ2n) is 5.17. The van der Waals surface area contributed by atoms with E-state index in [1.54, 1.807) is 0 Å². The van der Waals surface area contributed by atoms with Crippen molar-refractivity contribution in [1.29, 1.82) is 0 Å². The first-order valence-electron chi connectivity index (χ1n) is 6.79. The molecule has 114 valence electrons. The third-order valence-electron chi connectivity index (χ3n) is 3.87. The van der Waals surface area contributed by atoms with Gasteiger partial charge in [-0.3, -0.25) is 4.79 Å². The lowest BCUT2D eigenvalue weighted by Crippen LogP contribution is -2.45. The van der Waals surface area contributed by atoms with Crippen LogP contribution in [0.4, 0.5) is 8.78 Å². The summed E-state index contributed by atoms with van der Waals surface area (Å²) < 4.78 is 26.8. The van der Waals surface area contributed by atoms with E-state index in [1.165, 1.54) is 24.4 Å². The Morgan fingerprint density at radius 1 is 1.27 bits per heavy atom. The molecular weight excluding hydrogens is 312 g/mol. The first-order valence-corrected chi connectivity index (χ1v) is 7.17. The zero-order valence-electron chi connectivity index (χ0n) is 11.4. The van der Waals surface area contributed by atoms with Crippen molar-refractivity contribution in [1.82, 2.24) is 15.5 Å². The van der Waals surface area contributed by atoms with Crippen molar-refractivity contribution in [3.8, 4) is 0 Å². The van der Waals surface area contributed by atoms with Crippen LogP contribution in [0.3, 0.4) is 0 Å². The lowest BCUT2D eigenvalue weighted by atomic mass is 9.74. The number of amides is 1. The van der Waals surface area contributed by atoms with E-state index in [9.17, 15) is 13.6 Å². The lowest BCUT2D eigenvalue weighted by molar-refractivity contribution is 0.0903. The Labute approximate surface area is 130 Å². The number of nitrogens with zero attached hydrogens (tertiary/aromatic N) is 2.